The maximum Gasteiger partial charge on any atom is 0.171 e. The summed E-state index contributed by atoms with van der Waals surface area (Å²) in [7, 11) is 0. The van der Waals surface area contributed by atoms with Gasteiger partial charge in [-0.15, -0.1) is 11.3 Å². The third-order valence-electron chi connectivity index (χ3n) is 3.18. The molecule has 0 aliphatic rings. The molecular weight excluding hydrogens is 268 g/mol. The molecular formula is C16H20N2OS. The van der Waals surface area contributed by atoms with E-state index in [1.807, 2.05) is 12.1 Å². The van der Waals surface area contributed by atoms with Crippen LogP contribution in [-0.4, -0.2) is 11.8 Å². The van der Waals surface area contributed by atoms with Crippen LogP contribution in [0.1, 0.15) is 35.5 Å². The second-order valence-corrected chi connectivity index (χ2v) is 6.07. The zero-order valence-corrected chi connectivity index (χ0v) is 12.7. The first-order valence-corrected chi connectivity index (χ1v) is 7.58. The van der Waals surface area contributed by atoms with Gasteiger partial charge in [0.2, 0.25) is 0 Å². The largest absolute Gasteiger partial charge is 0.397 e. The van der Waals surface area contributed by atoms with Gasteiger partial charge in [0.15, 0.2) is 5.78 Å². The fraction of sp³-hybridized carbons (Fsp3) is 0.312. The van der Waals surface area contributed by atoms with Crippen LogP contribution in [0.4, 0.5) is 10.7 Å². The highest BCUT2D eigenvalue weighted by atomic mass is 32.1. The first-order chi connectivity index (χ1) is 9.56. The fourth-order valence-electron chi connectivity index (χ4n) is 2.09. The van der Waals surface area contributed by atoms with Gasteiger partial charge in [0.05, 0.1) is 15.6 Å². The standard InChI is InChI=1S/C16H20N2OS/c1-11(8-9-13-6-4-3-5-7-13)18-15-10-14(17)16(20-15)12(2)19/h3-7,10-11,18H,8-9,17H2,1-2H3. The third-order valence-corrected chi connectivity index (χ3v) is 4.36. The van der Waals surface area contributed by atoms with Crippen molar-refractivity contribution < 1.29 is 4.79 Å². The topological polar surface area (TPSA) is 55.1 Å². The third kappa shape index (κ3) is 3.84. The summed E-state index contributed by atoms with van der Waals surface area (Å²) in [6.45, 7) is 3.69. The summed E-state index contributed by atoms with van der Waals surface area (Å²) in [5, 5.41) is 4.38. The van der Waals surface area contributed by atoms with Crippen molar-refractivity contribution in [2.24, 2.45) is 0 Å². The number of nitrogens with one attached hydrogen (secondary N) is 1. The number of ketones is 1. The van der Waals surface area contributed by atoms with Crippen LogP contribution in [0.5, 0.6) is 0 Å². The second-order valence-electron chi connectivity index (χ2n) is 5.02. The molecule has 2 aromatic rings. The summed E-state index contributed by atoms with van der Waals surface area (Å²) in [6, 6.07) is 12.6. The number of nitrogens with two attached hydrogens (primary N) is 1. The minimum absolute atomic E-state index is 0.0255. The van der Waals surface area contributed by atoms with Gasteiger partial charge in [0.25, 0.3) is 0 Å². The molecule has 1 atom stereocenters. The van der Waals surface area contributed by atoms with E-state index in [9.17, 15) is 4.79 Å². The number of hydrogen-bond donors (Lipinski definition) is 2. The zero-order valence-electron chi connectivity index (χ0n) is 11.8. The number of benzene rings is 1. The molecule has 4 heteroatoms. The van der Waals surface area contributed by atoms with Gasteiger partial charge in [-0.05, 0) is 31.4 Å². The molecule has 0 radical (unpaired) electrons. The number of anilines is 2. The Labute approximate surface area is 123 Å². The average Bonchev–Trinajstić information content (AvgIpc) is 2.78. The molecule has 1 unspecified atom stereocenters. The molecule has 2 rings (SSSR count). The van der Waals surface area contributed by atoms with E-state index in [1.54, 1.807) is 6.92 Å². The van der Waals surface area contributed by atoms with Gasteiger partial charge >= 0.3 is 0 Å². The molecule has 3 N–H and O–H groups in total. The Balaban J connectivity index is 1.90. The molecule has 0 fully saturated rings. The predicted octanol–water partition coefficient (Wildman–Crippen LogP) is 3.97. The molecule has 0 amide bonds. The summed E-state index contributed by atoms with van der Waals surface area (Å²) >= 11 is 1.43. The molecule has 0 aliphatic carbocycles. The number of Topliss-reactive ketones (excluding diaryl/α,β-unsaturated/α-hetero) is 1. The molecule has 0 spiro atoms. The monoisotopic (exact) mass is 288 g/mol. The average molecular weight is 288 g/mol. The van der Waals surface area contributed by atoms with E-state index in [0.717, 1.165) is 17.8 Å². The molecule has 0 saturated carbocycles. The maximum absolute atomic E-state index is 11.4. The first kappa shape index (κ1) is 14.6. The number of nitrogen functional groups attached to an aromatic ring is 1. The van der Waals surface area contributed by atoms with E-state index in [-0.39, 0.29) is 5.78 Å². The Kier molecular flexibility index (Phi) is 4.79. The molecule has 1 heterocycles. The molecule has 106 valence electrons. The highest BCUT2D eigenvalue weighted by Gasteiger charge is 2.12. The molecule has 1 aromatic heterocycles. The van der Waals surface area contributed by atoms with Crippen molar-refractivity contribution >= 4 is 27.8 Å². The van der Waals surface area contributed by atoms with Crippen LogP contribution in [0.3, 0.4) is 0 Å². The SMILES string of the molecule is CC(=O)c1sc(NC(C)CCc2ccccc2)cc1N. The van der Waals surface area contributed by atoms with E-state index >= 15 is 0 Å². The minimum Gasteiger partial charge on any atom is -0.397 e. The van der Waals surface area contributed by atoms with Gasteiger partial charge < -0.3 is 11.1 Å². The predicted molar refractivity (Wildman–Crippen MR) is 86.6 cm³/mol. The first-order valence-electron chi connectivity index (χ1n) is 6.77. The van der Waals surface area contributed by atoms with Gasteiger partial charge in [0.1, 0.15) is 0 Å². The lowest BCUT2D eigenvalue weighted by Crippen LogP contribution is -2.15. The summed E-state index contributed by atoms with van der Waals surface area (Å²) < 4.78 is 0. The summed E-state index contributed by atoms with van der Waals surface area (Å²) in [5.41, 5.74) is 7.75. The lowest BCUT2D eigenvalue weighted by Gasteiger charge is -2.13. The van der Waals surface area contributed by atoms with Crippen LogP contribution in [0.2, 0.25) is 0 Å². The molecule has 0 saturated heterocycles. The molecule has 3 nitrogen and oxygen atoms in total. The van der Waals surface area contributed by atoms with Gasteiger partial charge in [0, 0.05) is 13.0 Å². The number of hydrogen-bond acceptors (Lipinski definition) is 4. The number of rotatable bonds is 6. The van der Waals surface area contributed by atoms with E-state index in [1.165, 1.54) is 16.9 Å². The van der Waals surface area contributed by atoms with Gasteiger partial charge in [-0.3, -0.25) is 4.79 Å². The Morgan fingerprint density at radius 2 is 2.05 bits per heavy atom. The van der Waals surface area contributed by atoms with Crippen LogP contribution in [0.25, 0.3) is 0 Å². The van der Waals surface area contributed by atoms with E-state index < -0.39 is 0 Å². The molecule has 20 heavy (non-hydrogen) atoms. The van der Waals surface area contributed by atoms with Crippen LogP contribution < -0.4 is 11.1 Å². The number of carbonyl (C=O) groups is 1. The minimum atomic E-state index is 0.0255. The van der Waals surface area contributed by atoms with Crippen LogP contribution in [-0.2, 0) is 6.42 Å². The number of aryl methyl sites for hydroxylation is 1. The van der Waals surface area contributed by atoms with Crippen molar-refractivity contribution in [2.45, 2.75) is 32.7 Å². The van der Waals surface area contributed by atoms with E-state index in [4.69, 9.17) is 5.73 Å². The molecule has 1 aromatic carbocycles. The summed E-state index contributed by atoms with van der Waals surface area (Å²) in [5.74, 6) is 0.0255. The van der Waals surface area contributed by atoms with Crippen LogP contribution in [0.15, 0.2) is 36.4 Å². The quantitative estimate of drug-likeness (QED) is 0.791. The van der Waals surface area contributed by atoms with Crippen molar-refractivity contribution in [1.82, 2.24) is 0 Å². The number of thiophene rings is 1. The lowest BCUT2D eigenvalue weighted by atomic mass is 10.1. The van der Waals surface area contributed by atoms with Gasteiger partial charge in [-0.25, -0.2) is 0 Å². The Morgan fingerprint density at radius 1 is 1.35 bits per heavy atom. The number of carbonyl (C=O) groups excluding carboxylic acids is 1. The Hall–Kier alpha value is -1.81. The fourth-order valence-corrected chi connectivity index (χ4v) is 3.08. The van der Waals surface area contributed by atoms with Crippen LogP contribution in [0, 0.1) is 0 Å². The smallest absolute Gasteiger partial charge is 0.171 e. The lowest BCUT2D eigenvalue weighted by molar-refractivity contribution is 0.102. The molecule has 0 aliphatic heterocycles. The highest BCUT2D eigenvalue weighted by molar-refractivity contribution is 7.18. The van der Waals surface area contributed by atoms with E-state index in [2.05, 4.69) is 36.5 Å². The highest BCUT2D eigenvalue weighted by Crippen LogP contribution is 2.30. The van der Waals surface area contributed by atoms with Crippen molar-refractivity contribution in [3.05, 3.63) is 46.8 Å². The zero-order chi connectivity index (χ0) is 14.5. The maximum atomic E-state index is 11.4. The Morgan fingerprint density at radius 3 is 2.65 bits per heavy atom. The second kappa shape index (κ2) is 6.57. The van der Waals surface area contributed by atoms with Crippen LogP contribution >= 0.6 is 11.3 Å². The summed E-state index contributed by atoms with van der Waals surface area (Å²) in [4.78, 5) is 12.0. The van der Waals surface area contributed by atoms with Crippen molar-refractivity contribution in [1.29, 1.82) is 0 Å². The van der Waals surface area contributed by atoms with Crippen molar-refractivity contribution in [3.63, 3.8) is 0 Å². The van der Waals surface area contributed by atoms with Gasteiger partial charge in [-0.1, -0.05) is 30.3 Å². The van der Waals surface area contributed by atoms with Crippen molar-refractivity contribution in [3.8, 4) is 0 Å². The van der Waals surface area contributed by atoms with E-state index in [0.29, 0.717) is 16.6 Å². The normalized spacial score (nSPS) is 12.1. The summed E-state index contributed by atoms with van der Waals surface area (Å²) in [6.07, 6.45) is 2.08. The van der Waals surface area contributed by atoms with Crippen molar-refractivity contribution in [2.75, 3.05) is 11.1 Å². The van der Waals surface area contributed by atoms with Gasteiger partial charge in [-0.2, -0.15) is 0 Å². The Bertz CT molecular complexity index is 577. The molecule has 0 bridgehead atoms.